The summed E-state index contributed by atoms with van der Waals surface area (Å²) in [5.41, 5.74) is 5.96. The van der Waals surface area contributed by atoms with E-state index in [-0.39, 0.29) is 24.9 Å². The van der Waals surface area contributed by atoms with Crippen molar-refractivity contribution in [1.82, 2.24) is 5.32 Å². The van der Waals surface area contributed by atoms with Gasteiger partial charge in [0.15, 0.2) is 0 Å². The van der Waals surface area contributed by atoms with Crippen molar-refractivity contribution in [2.45, 2.75) is 31.8 Å². The summed E-state index contributed by atoms with van der Waals surface area (Å²) in [5, 5.41) is 11.9. The lowest BCUT2D eigenvalue weighted by atomic mass is 10.0. The molecule has 0 aliphatic heterocycles. The first-order valence-electron chi connectivity index (χ1n) is 6.29. The smallest absolute Gasteiger partial charge is 0.405 e. The molecule has 1 aromatic rings. The van der Waals surface area contributed by atoms with Gasteiger partial charge in [-0.3, -0.25) is 0 Å². The monoisotopic (exact) mass is 292 g/mol. The van der Waals surface area contributed by atoms with Gasteiger partial charge in [-0.25, -0.2) is 0 Å². The molecular weight excluding hydrogens is 273 g/mol. The minimum absolute atomic E-state index is 0.00778. The third-order valence-electron chi connectivity index (χ3n) is 2.80. The van der Waals surface area contributed by atoms with Gasteiger partial charge in [-0.15, -0.1) is 13.2 Å². The van der Waals surface area contributed by atoms with Gasteiger partial charge in [-0.2, -0.15) is 0 Å². The lowest BCUT2D eigenvalue weighted by Crippen LogP contribution is -2.36. The van der Waals surface area contributed by atoms with Crippen molar-refractivity contribution in [1.29, 1.82) is 0 Å². The Labute approximate surface area is 115 Å². The summed E-state index contributed by atoms with van der Waals surface area (Å²) in [4.78, 5) is 0. The van der Waals surface area contributed by atoms with Gasteiger partial charge in [0, 0.05) is 30.8 Å². The fraction of sp³-hybridized carbons (Fsp3) is 0.538. The van der Waals surface area contributed by atoms with Crippen molar-refractivity contribution in [2.75, 3.05) is 13.2 Å². The number of hydrogen-bond acceptors (Lipinski definition) is 4. The van der Waals surface area contributed by atoms with Gasteiger partial charge in [-0.1, -0.05) is 18.2 Å². The number of aliphatic hydroxyl groups excluding tert-OH is 1. The van der Waals surface area contributed by atoms with Crippen LogP contribution in [0.5, 0.6) is 5.75 Å². The zero-order valence-electron chi connectivity index (χ0n) is 11.2. The Kier molecular flexibility index (Phi) is 6.25. The first kappa shape index (κ1) is 16.7. The summed E-state index contributed by atoms with van der Waals surface area (Å²) >= 11 is 0. The molecule has 0 aromatic heterocycles. The maximum atomic E-state index is 12.4. The van der Waals surface area contributed by atoms with Crippen molar-refractivity contribution < 1.29 is 23.0 Å². The fourth-order valence-corrected chi connectivity index (χ4v) is 1.89. The molecule has 0 spiro atoms. The van der Waals surface area contributed by atoms with E-state index < -0.39 is 12.4 Å². The van der Waals surface area contributed by atoms with Gasteiger partial charge in [-0.05, 0) is 19.4 Å². The molecule has 0 fully saturated rings. The van der Waals surface area contributed by atoms with E-state index in [4.69, 9.17) is 10.8 Å². The number of aliphatic hydroxyl groups is 1. The average Bonchev–Trinajstić information content (AvgIpc) is 2.35. The van der Waals surface area contributed by atoms with Crippen LogP contribution in [0.25, 0.3) is 0 Å². The minimum Gasteiger partial charge on any atom is -0.405 e. The molecule has 0 amide bonds. The number of rotatable bonds is 7. The van der Waals surface area contributed by atoms with Gasteiger partial charge in [0.25, 0.3) is 0 Å². The molecule has 0 aliphatic carbocycles. The van der Waals surface area contributed by atoms with Gasteiger partial charge < -0.3 is 20.9 Å². The molecule has 0 radical (unpaired) electrons. The molecule has 1 aromatic carbocycles. The number of hydrogen-bond donors (Lipinski definition) is 3. The van der Waals surface area contributed by atoms with E-state index >= 15 is 0 Å². The predicted octanol–water partition coefficient (Wildman–Crippen LogP) is 1.95. The second-order valence-corrected chi connectivity index (χ2v) is 4.45. The van der Waals surface area contributed by atoms with E-state index in [9.17, 15) is 13.2 Å². The van der Waals surface area contributed by atoms with Crippen molar-refractivity contribution in [2.24, 2.45) is 5.73 Å². The zero-order valence-corrected chi connectivity index (χ0v) is 11.2. The van der Waals surface area contributed by atoms with Crippen LogP contribution in [0.3, 0.4) is 0 Å². The fourth-order valence-electron chi connectivity index (χ4n) is 1.89. The molecule has 20 heavy (non-hydrogen) atoms. The van der Waals surface area contributed by atoms with Crippen LogP contribution in [0, 0.1) is 0 Å². The molecule has 0 aliphatic rings. The Hall–Kier alpha value is -1.31. The first-order chi connectivity index (χ1) is 9.37. The molecule has 7 heteroatoms. The van der Waals surface area contributed by atoms with E-state index in [0.717, 1.165) is 0 Å². The number of halogens is 3. The third kappa shape index (κ3) is 5.36. The standard InChI is InChI=1S/C13H19F3N2O2/c1-9(6-7-19)18-11(8-17)10-4-2-3-5-12(10)20-13(14,15)16/h2-5,9,11,18-19H,6-8,17H2,1H3. The highest BCUT2D eigenvalue weighted by atomic mass is 19.4. The maximum absolute atomic E-state index is 12.4. The first-order valence-corrected chi connectivity index (χ1v) is 6.29. The molecule has 114 valence electrons. The van der Waals surface area contributed by atoms with Crippen molar-refractivity contribution in [3.05, 3.63) is 29.8 Å². The Bertz CT molecular complexity index is 413. The highest BCUT2D eigenvalue weighted by Crippen LogP contribution is 2.30. The highest BCUT2D eigenvalue weighted by Gasteiger charge is 2.32. The molecule has 1 rings (SSSR count). The van der Waals surface area contributed by atoms with Crippen LogP contribution in [-0.2, 0) is 0 Å². The molecule has 2 unspecified atom stereocenters. The molecular formula is C13H19F3N2O2. The average molecular weight is 292 g/mol. The van der Waals surface area contributed by atoms with E-state index in [0.29, 0.717) is 12.0 Å². The van der Waals surface area contributed by atoms with Crippen molar-refractivity contribution >= 4 is 0 Å². The van der Waals surface area contributed by atoms with Gasteiger partial charge in [0.1, 0.15) is 5.75 Å². The second-order valence-electron chi connectivity index (χ2n) is 4.45. The predicted molar refractivity (Wildman–Crippen MR) is 69.2 cm³/mol. The zero-order chi connectivity index (χ0) is 15.2. The lowest BCUT2D eigenvalue weighted by molar-refractivity contribution is -0.275. The number of ether oxygens (including phenoxy) is 1. The largest absolute Gasteiger partial charge is 0.573 e. The lowest BCUT2D eigenvalue weighted by Gasteiger charge is -2.24. The van der Waals surface area contributed by atoms with E-state index in [1.807, 2.05) is 6.92 Å². The van der Waals surface area contributed by atoms with Crippen LogP contribution >= 0.6 is 0 Å². The summed E-state index contributed by atoms with van der Waals surface area (Å²) in [7, 11) is 0. The minimum atomic E-state index is -4.74. The summed E-state index contributed by atoms with van der Waals surface area (Å²) in [5.74, 6) is -0.265. The molecule has 4 nitrogen and oxygen atoms in total. The summed E-state index contributed by atoms with van der Waals surface area (Å²) in [6, 6.07) is 5.33. The van der Waals surface area contributed by atoms with E-state index in [1.54, 1.807) is 6.07 Å². The number of benzene rings is 1. The summed E-state index contributed by atoms with van der Waals surface area (Å²) in [6.07, 6.45) is -4.26. The molecule has 4 N–H and O–H groups in total. The van der Waals surface area contributed by atoms with Gasteiger partial charge in [0.2, 0.25) is 0 Å². The number of alkyl halides is 3. The molecule has 0 saturated carbocycles. The van der Waals surface area contributed by atoms with Crippen LogP contribution in [0.4, 0.5) is 13.2 Å². The Morgan fingerprint density at radius 3 is 2.55 bits per heavy atom. The summed E-state index contributed by atoms with van der Waals surface area (Å²) < 4.78 is 41.1. The highest BCUT2D eigenvalue weighted by molar-refractivity contribution is 5.36. The van der Waals surface area contributed by atoms with Crippen LogP contribution < -0.4 is 15.8 Å². The van der Waals surface area contributed by atoms with Crippen LogP contribution in [0.15, 0.2) is 24.3 Å². The maximum Gasteiger partial charge on any atom is 0.573 e. The normalized spacial score (nSPS) is 14.9. The van der Waals surface area contributed by atoms with E-state index in [2.05, 4.69) is 10.1 Å². The molecule has 0 bridgehead atoms. The van der Waals surface area contributed by atoms with Crippen molar-refractivity contribution in [3.63, 3.8) is 0 Å². The topological polar surface area (TPSA) is 67.5 Å². The quantitative estimate of drug-likeness (QED) is 0.718. The molecule has 2 atom stereocenters. The van der Waals surface area contributed by atoms with Crippen LogP contribution in [-0.4, -0.2) is 30.7 Å². The third-order valence-corrected chi connectivity index (χ3v) is 2.80. The van der Waals surface area contributed by atoms with E-state index in [1.165, 1.54) is 18.2 Å². The number of nitrogens with one attached hydrogen (secondary N) is 1. The Balaban J connectivity index is 2.91. The Morgan fingerprint density at radius 2 is 2.00 bits per heavy atom. The molecule has 0 heterocycles. The SMILES string of the molecule is CC(CCO)NC(CN)c1ccccc1OC(F)(F)F. The number of para-hydroxylation sites is 1. The molecule has 0 saturated heterocycles. The Morgan fingerprint density at radius 1 is 1.35 bits per heavy atom. The van der Waals surface area contributed by atoms with Crippen LogP contribution in [0.2, 0.25) is 0 Å². The van der Waals surface area contributed by atoms with Crippen molar-refractivity contribution in [3.8, 4) is 5.75 Å². The van der Waals surface area contributed by atoms with Gasteiger partial charge >= 0.3 is 6.36 Å². The van der Waals surface area contributed by atoms with Gasteiger partial charge in [0.05, 0.1) is 0 Å². The van der Waals surface area contributed by atoms with Crippen LogP contribution in [0.1, 0.15) is 24.9 Å². The number of nitrogens with two attached hydrogens (primary N) is 1. The summed E-state index contributed by atoms with van der Waals surface area (Å²) in [6.45, 7) is 1.94. The second kappa shape index (κ2) is 7.47.